The molecular formula is C9H18O2. The molecule has 1 heterocycles. The fourth-order valence-corrected chi connectivity index (χ4v) is 1.96. The van der Waals surface area contributed by atoms with Crippen molar-refractivity contribution in [3.8, 4) is 0 Å². The number of aliphatic hydroxyl groups excluding tert-OH is 1. The van der Waals surface area contributed by atoms with Crippen molar-refractivity contribution in [3.63, 3.8) is 0 Å². The highest BCUT2D eigenvalue weighted by Gasteiger charge is 2.23. The first kappa shape index (κ1) is 9.01. The van der Waals surface area contributed by atoms with Gasteiger partial charge in [0.15, 0.2) is 0 Å². The molecule has 0 bridgehead atoms. The standard InChI is InChI=1S/C9H18O2/c1-7-5-9(3-4-10)6-8(2)11-7/h7-10H,3-6H2,1-2H3/t7-,8-/m0/s1. The van der Waals surface area contributed by atoms with E-state index in [0.717, 1.165) is 19.3 Å². The molecule has 0 aromatic carbocycles. The Morgan fingerprint density at radius 3 is 2.27 bits per heavy atom. The van der Waals surface area contributed by atoms with Crippen LogP contribution in [0.25, 0.3) is 0 Å². The Kier molecular flexibility index (Phi) is 3.34. The van der Waals surface area contributed by atoms with E-state index < -0.39 is 0 Å². The van der Waals surface area contributed by atoms with Crippen molar-refractivity contribution < 1.29 is 9.84 Å². The molecule has 2 heteroatoms. The molecule has 1 fully saturated rings. The highest BCUT2D eigenvalue weighted by Crippen LogP contribution is 2.26. The maximum atomic E-state index is 8.75. The molecule has 1 N–H and O–H groups in total. The van der Waals surface area contributed by atoms with E-state index in [2.05, 4.69) is 13.8 Å². The lowest BCUT2D eigenvalue weighted by Gasteiger charge is -2.31. The zero-order valence-corrected chi connectivity index (χ0v) is 7.42. The predicted octanol–water partition coefficient (Wildman–Crippen LogP) is 1.57. The number of rotatable bonds is 2. The van der Waals surface area contributed by atoms with Crippen LogP contribution in [0.2, 0.25) is 0 Å². The second kappa shape index (κ2) is 4.07. The van der Waals surface area contributed by atoms with Crippen LogP contribution in [0.3, 0.4) is 0 Å². The Labute approximate surface area is 68.6 Å². The monoisotopic (exact) mass is 158 g/mol. The summed E-state index contributed by atoms with van der Waals surface area (Å²) in [6.07, 6.45) is 3.94. The molecule has 2 atom stereocenters. The Morgan fingerprint density at radius 1 is 1.27 bits per heavy atom. The Balaban J connectivity index is 2.30. The molecule has 0 amide bonds. The Bertz CT molecular complexity index is 104. The van der Waals surface area contributed by atoms with Gasteiger partial charge in [-0.25, -0.2) is 0 Å². The summed E-state index contributed by atoms with van der Waals surface area (Å²) in [4.78, 5) is 0. The van der Waals surface area contributed by atoms with Gasteiger partial charge in [-0.2, -0.15) is 0 Å². The van der Waals surface area contributed by atoms with Gasteiger partial charge >= 0.3 is 0 Å². The van der Waals surface area contributed by atoms with Gasteiger partial charge in [0.25, 0.3) is 0 Å². The molecule has 2 nitrogen and oxygen atoms in total. The maximum absolute atomic E-state index is 8.75. The van der Waals surface area contributed by atoms with Gasteiger partial charge in [0.2, 0.25) is 0 Å². The van der Waals surface area contributed by atoms with Gasteiger partial charge in [0.1, 0.15) is 0 Å². The zero-order valence-electron chi connectivity index (χ0n) is 7.42. The summed E-state index contributed by atoms with van der Waals surface area (Å²) < 4.78 is 5.58. The second-order valence-corrected chi connectivity index (χ2v) is 3.61. The van der Waals surface area contributed by atoms with Crippen molar-refractivity contribution in [2.45, 2.75) is 45.3 Å². The van der Waals surface area contributed by atoms with Crippen LogP contribution >= 0.6 is 0 Å². The number of aliphatic hydroxyl groups is 1. The molecule has 1 aliphatic heterocycles. The summed E-state index contributed by atoms with van der Waals surface area (Å²) in [7, 11) is 0. The van der Waals surface area contributed by atoms with Crippen molar-refractivity contribution in [1.82, 2.24) is 0 Å². The third kappa shape index (κ3) is 2.80. The number of hydrogen-bond donors (Lipinski definition) is 1. The molecule has 1 aliphatic rings. The minimum atomic E-state index is 0.324. The molecule has 0 saturated carbocycles. The molecule has 1 saturated heterocycles. The fraction of sp³-hybridized carbons (Fsp3) is 1.00. The van der Waals surface area contributed by atoms with E-state index in [-0.39, 0.29) is 0 Å². The predicted molar refractivity (Wildman–Crippen MR) is 44.4 cm³/mol. The second-order valence-electron chi connectivity index (χ2n) is 3.61. The topological polar surface area (TPSA) is 29.5 Å². The summed E-state index contributed by atoms with van der Waals surface area (Å²) in [5, 5.41) is 8.75. The summed E-state index contributed by atoms with van der Waals surface area (Å²) >= 11 is 0. The van der Waals surface area contributed by atoms with Crippen LogP contribution in [0.15, 0.2) is 0 Å². The highest BCUT2D eigenvalue weighted by atomic mass is 16.5. The van der Waals surface area contributed by atoms with Gasteiger partial charge in [-0.1, -0.05) is 0 Å². The molecule has 0 radical (unpaired) electrons. The SMILES string of the molecule is C[C@H]1CC(CCO)C[C@H](C)O1. The van der Waals surface area contributed by atoms with E-state index in [4.69, 9.17) is 9.84 Å². The summed E-state index contributed by atoms with van der Waals surface area (Å²) in [6.45, 7) is 4.55. The van der Waals surface area contributed by atoms with E-state index in [1.807, 2.05) is 0 Å². The summed E-state index contributed by atoms with van der Waals surface area (Å²) in [5.41, 5.74) is 0. The lowest BCUT2D eigenvalue weighted by atomic mass is 9.90. The van der Waals surface area contributed by atoms with Crippen LogP contribution in [0.5, 0.6) is 0 Å². The van der Waals surface area contributed by atoms with Crippen molar-refractivity contribution in [2.75, 3.05) is 6.61 Å². The molecule has 0 aromatic rings. The van der Waals surface area contributed by atoms with Crippen molar-refractivity contribution >= 4 is 0 Å². The summed E-state index contributed by atoms with van der Waals surface area (Å²) in [6, 6.07) is 0. The van der Waals surface area contributed by atoms with E-state index >= 15 is 0 Å². The first-order valence-electron chi connectivity index (χ1n) is 4.48. The first-order chi connectivity index (χ1) is 5.22. The molecule has 0 spiro atoms. The van der Waals surface area contributed by atoms with Crippen molar-refractivity contribution in [3.05, 3.63) is 0 Å². The van der Waals surface area contributed by atoms with Gasteiger partial charge < -0.3 is 9.84 Å². The van der Waals surface area contributed by atoms with E-state index in [9.17, 15) is 0 Å². The van der Waals surface area contributed by atoms with Crippen LogP contribution in [-0.4, -0.2) is 23.9 Å². The molecule has 0 unspecified atom stereocenters. The van der Waals surface area contributed by atoms with E-state index in [0.29, 0.717) is 24.7 Å². The molecule has 0 aromatic heterocycles. The van der Waals surface area contributed by atoms with Crippen molar-refractivity contribution in [2.24, 2.45) is 5.92 Å². The van der Waals surface area contributed by atoms with Crippen LogP contribution in [0.4, 0.5) is 0 Å². The zero-order chi connectivity index (χ0) is 8.27. The Morgan fingerprint density at radius 2 is 1.82 bits per heavy atom. The fourth-order valence-electron chi connectivity index (χ4n) is 1.96. The lowest BCUT2D eigenvalue weighted by molar-refractivity contribution is -0.0554. The number of ether oxygens (including phenoxy) is 1. The number of hydrogen-bond acceptors (Lipinski definition) is 2. The smallest absolute Gasteiger partial charge is 0.0553 e. The third-order valence-corrected chi connectivity index (χ3v) is 2.33. The van der Waals surface area contributed by atoms with Gasteiger partial charge in [-0.05, 0) is 39.0 Å². The molecule has 0 aliphatic carbocycles. The van der Waals surface area contributed by atoms with Gasteiger partial charge in [0.05, 0.1) is 12.2 Å². The molecular weight excluding hydrogens is 140 g/mol. The third-order valence-electron chi connectivity index (χ3n) is 2.33. The molecule has 11 heavy (non-hydrogen) atoms. The quantitative estimate of drug-likeness (QED) is 0.661. The van der Waals surface area contributed by atoms with Crippen LogP contribution in [-0.2, 0) is 4.74 Å². The highest BCUT2D eigenvalue weighted by molar-refractivity contribution is 4.72. The largest absolute Gasteiger partial charge is 0.396 e. The normalized spacial score (nSPS) is 39.0. The van der Waals surface area contributed by atoms with E-state index in [1.54, 1.807) is 0 Å². The van der Waals surface area contributed by atoms with E-state index in [1.165, 1.54) is 0 Å². The Hall–Kier alpha value is -0.0800. The van der Waals surface area contributed by atoms with Crippen LogP contribution in [0, 0.1) is 5.92 Å². The average Bonchev–Trinajstić information content (AvgIpc) is 1.85. The molecule has 1 rings (SSSR count). The van der Waals surface area contributed by atoms with Crippen molar-refractivity contribution in [1.29, 1.82) is 0 Å². The summed E-state index contributed by atoms with van der Waals surface area (Å²) in [5.74, 6) is 0.679. The maximum Gasteiger partial charge on any atom is 0.0553 e. The average molecular weight is 158 g/mol. The molecule has 66 valence electrons. The van der Waals surface area contributed by atoms with Gasteiger partial charge in [0, 0.05) is 6.61 Å². The lowest BCUT2D eigenvalue weighted by Crippen LogP contribution is -2.29. The minimum absolute atomic E-state index is 0.324. The van der Waals surface area contributed by atoms with Gasteiger partial charge in [-0.3, -0.25) is 0 Å². The minimum Gasteiger partial charge on any atom is -0.396 e. The van der Waals surface area contributed by atoms with Gasteiger partial charge in [-0.15, -0.1) is 0 Å². The van der Waals surface area contributed by atoms with Crippen LogP contribution < -0.4 is 0 Å². The first-order valence-corrected chi connectivity index (χ1v) is 4.48. The van der Waals surface area contributed by atoms with Crippen LogP contribution in [0.1, 0.15) is 33.1 Å².